The maximum atomic E-state index is 14.0. The van der Waals surface area contributed by atoms with Crippen LogP contribution in [0.25, 0.3) is 0 Å². The van der Waals surface area contributed by atoms with Crippen LogP contribution in [0.4, 0.5) is 8.78 Å². The summed E-state index contributed by atoms with van der Waals surface area (Å²) in [6.07, 6.45) is 3.06. The third kappa shape index (κ3) is 4.39. The Morgan fingerprint density at radius 2 is 2.11 bits per heavy atom. The lowest BCUT2D eigenvalue weighted by molar-refractivity contribution is 0.376. The number of rotatable bonds is 7. The predicted molar refractivity (Wildman–Crippen MR) is 79.2 cm³/mol. The molecule has 1 nitrogen and oxygen atoms in total. The first-order valence-corrected chi connectivity index (χ1v) is 7.19. The molecule has 0 aliphatic heterocycles. The monoisotopic (exact) mass is 331 g/mol. The zero-order chi connectivity index (χ0) is 14.5. The average molecular weight is 332 g/mol. The smallest absolute Gasteiger partial charge is 0.143 e. The highest BCUT2D eigenvalue weighted by atomic mass is 79.9. The van der Waals surface area contributed by atoms with Gasteiger partial charge in [0.2, 0.25) is 0 Å². The molecule has 0 aliphatic carbocycles. The molecule has 1 aromatic carbocycles. The van der Waals surface area contributed by atoms with Crippen molar-refractivity contribution in [1.82, 2.24) is 5.32 Å². The molecule has 1 atom stereocenters. The van der Waals surface area contributed by atoms with Crippen molar-refractivity contribution in [3.63, 3.8) is 0 Å². The Labute approximate surface area is 122 Å². The SMILES string of the molecule is C=CC(C)(CNCCC)Cc1c(F)ccc(Br)c1F. The van der Waals surface area contributed by atoms with Crippen LogP contribution in [0.15, 0.2) is 29.3 Å². The van der Waals surface area contributed by atoms with Crippen molar-refractivity contribution in [2.75, 3.05) is 13.1 Å². The fourth-order valence-electron chi connectivity index (χ4n) is 1.89. The van der Waals surface area contributed by atoms with Gasteiger partial charge in [0.15, 0.2) is 0 Å². The molecule has 4 heteroatoms. The van der Waals surface area contributed by atoms with Gasteiger partial charge in [0, 0.05) is 17.5 Å². The van der Waals surface area contributed by atoms with Gasteiger partial charge in [-0.05, 0) is 47.4 Å². The normalized spacial score (nSPS) is 14.2. The van der Waals surface area contributed by atoms with Crippen molar-refractivity contribution < 1.29 is 8.78 Å². The van der Waals surface area contributed by atoms with Crippen LogP contribution in [0.1, 0.15) is 25.8 Å². The number of hydrogen-bond donors (Lipinski definition) is 1. The number of hydrogen-bond acceptors (Lipinski definition) is 1. The van der Waals surface area contributed by atoms with E-state index in [0.29, 0.717) is 6.54 Å². The Kier molecular flexibility index (Phi) is 6.14. The van der Waals surface area contributed by atoms with E-state index in [0.717, 1.165) is 13.0 Å². The molecule has 0 fully saturated rings. The molecule has 0 spiro atoms. The molecule has 1 N–H and O–H groups in total. The quantitative estimate of drug-likeness (QED) is 0.442. The molecule has 1 unspecified atom stereocenters. The Bertz CT molecular complexity index is 448. The lowest BCUT2D eigenvalue weighted by atomic mass is 9.83. The van der Waals surface area contributed by atoms with Gasteiger partial charge in [0.25, 0.3) is 0 Å². The van der Waals surface area contributed by atoms with E-state index in [2.05, 4.69) is 34.7 Å². The van der Waals surface area contributed by atoms with Crippen molar-refractivity contribution in [3.8, 4) is 0 Å². The summed E-state index contributed by atoms with van der Waals surface area (Å²) in [6.45, 7) is 9.35. The highest BCUT2D eigenvalue weighted by molar-refractivity contribution is 9.10. The van der Waals surface area contributed by atoms with Crippen LogP contribution < -0.4 is 5.32 Å². The lowest BCUT2D eigenvalue weighted by Gasteiger charge is -2.27. The summed E-state index contributed by atoms with van der Waals surface area (Å²) in [7, 11) is 0. The Balaban J connectivity index is 2.92. The molecule has 0 bridgehead atoms. The van der Waals surface area contributed by atoms with Crippen molar-refractivity contribution >= 4 is 15.9 Å². The second kappa shape index (κ2) is 7.15. The van der Waals surface area contributed by atoms with E-state index in [1.807, 2.05) is 6.92 Å². The highest BCUT2D eigenvalue weighted by Gasteiger charge is 2.25. The van der Waals surface area contributed by atoms with Crippen molar-refractivity contribution in [1.29, 1.82) is 0 Å². The number of halogens is 3. The molecule has 0 heterocycles. The van der Waals surface area contributed by atoms with Crippen molar-refractivity contribution in [3.05, 3.63) is 46.5 Å². The molecule has 0 saturated heterocycles. The van der Waals surface area contributed by atoms with Crippen LogP contribution >= 0.6 is 15.9 Å². The van der Waals surface area contributed by atoms with Crippen LogP contribution in [-0.4, -0.2) is 13.1 Å². The second-order valence-electron chi connectivity index (χ2n) is 5.03. The van der Waals surface area contributed by atoms with Crippen LogP contribution in [0.5, 0.6) is 0 Å². The second-order valence-corrected chi connectivity index (χ2v) is 5.89. The third-order valence-corrected chi connectivity index (χ3v) is 3.78. The molecule has 106 valence electrons. The van der Waals surface area contributed by atoms with Gasteiger partial charge < -0.3 is 5.32 Å². The van der Waals surface area contributed by atoms with Gasteiger partial charge in [-0.2, -0.15) is 0 Å². The molecule has 0 saturated carbocycles. The molecule has 1 rings (SSSR count). The van der Waals surface area contributed by atoms with E-state index in [1.165, 1.54) is 12.1 Å². The summed E-state index contributed by atoms with van der Waals surface area (Å²) >= 11 is 3.09. The van der Waals surface area contributed by atoms with Crippen LogP contribution in [0.2, 0.25) is 0 Å². The molecular formula is C15H20BrF2N. The molecule has 1 aromatic rings. The Hall–Kier alpha value is -0.740. The minimum atomic E-state index is -0.524. The number of benzene rings is 1. The predicted octanol–water partition coefficient (Wildman–Crippen LogP) is 4.46. The summed E-state index contributed by atoms with van der Waals surface area (Å²) < 4.78 is 28.0. The fourth-order valence-corrected chi connectivity index (χ4v) is 2.26. The van der Waals surface area contributed by atoms with Gasteiger partial charge in [-0.1, -0.05) is 19.9 Å². The van der Waals surface area contributed by atoms with Crippen LogP contribution in [0.3, 0.4) is 0 Å². The van der Waals surface area contributed by atoms with E-state index >= 15 is 0 Å². The van der Waals surface area contributed by atoms with Crippen molar-refractivity contribution in [2.24, 2.45) is 5.41 Å². The molecule has 19 heavy (non-hydrogen) atoms. The standard InChI is InChI=1S/C15H20BrF2N/c1-4-8-19-10-15(3,5-2)9-11-13(17)7-6-12(16)14(11)18/h5-7,19H,2,4,8-10H2,1,3H3. The lowest BCUT2D eigenvalue weighted by Crippen LogP contribution is -2.33. The summed E-state index contributed by atoms with van der Waals surface area (Å²) in [4.78, 5) is 0. The maximum absolute atomic E-state index is 14.0. The first kappa shape index (κ1) is 16.3. The largest absolute Gasteiger partial charge is 0.316 e. The third-order valence-electron chi connectivity index (χ3n) is 3.17. The maximum Gasteiger partial charge on any atom is 0.143 e. The summed E-state index contributed by atoms with van der Waals surface area (Å²) in [5.41, 5.74) is -0.271. The summed E-state index contributed by atoms with van der Waals surface area (Å²) in [5, 5.41) is 3.27. The zero-order valence-electron chi connectivity index (χ0n) is 11.4. The van der Waals surface area contributed by atoms with E-state index in [9.17, 15) is 8.78 Å². The van der Waals surface area contributed by atoms with Gasteiger partial charge in [0.05, 0.1) is 4.47 Å². The molecule has 0 amide bonds. The van der Waals surface area contributed by atoms with Gasteiger partial charge >= 0.3 is 0 Å². The number of nitrogens with one attached hydrogen (secondary N) is 1. The molecule has 0 aliphatic rings. The van der Waals surface area contributed by atoms with Gasteiger partial charge in [-0.15, -0.1) is 6.58 Å². The van der Waals surface area contributed by atoms with E-state index in [-0.39, 0.29) is 21.9 Å². The average Bonchev–Trinajstić information content (AvgIpc) is 2.40. The minimum Gasteiger partial charge on any atom is -0.316 e. The van der Waals surface area contributed by atoms with Crippen molar-refractivity contribution in [2.45, 2.75) is 26.7 Å². The summed E-state index contributed by atoms with van der Waals surface area (Å²) in [6, 6.07) is 2.67. The molecular weight excluding hydrogens is 312 g/mol. The van der Waals surface area contributed by atoms with Crippen LogP contribution in [0, 0.1) is 17.0 Å². The Morgan fingerprint density at radius 1 is 1.42 bits per heavy atom. The van der Waals surface area contributed by atoms with E-state index in [1.54, 1.807) is 6.08 Å². The minimum absolute atomic E-state index is 0.107. The molecule has 0 aromatic heterocycles. The zero-order valence-corrected chi connectivity index (χ0v) is 13.0. The van der Waals surface area contributed by atoms with Gasteiger partial charge in [0.1, 0.15) is 11.6 Å². The Morgan fingerprint density at radius 3 is 2.68 bits per heavy atom. The summed E-state index contributed by atoms with van der Waals surface area (Å²) in [5.74, 6) is -1.03. The first-order valence-electron chi connectivity index (χ1n) is 6.40. The highest BCUT2D eigenvalue weighted by Crippen LogP contribution is 2.29. The van der Waals surface area contributed by atoms with E-state index in [4.69, 9.17) is 0 Å². The van der Waals surface area contributed by atoms with Gasteiger partial charge in [-0.25, -0.2) is 8.78 Å². The topological polar surface area (TPSA) is 12.0 Å². The van der Waals surface area contributed by atoms with Gasteiger partial charge in [-0.3, -0.25) is 0 Å². The van der Waals surface area contributed by atoms with Crippen LogP contribution in [-0.2, 0) is 6.42 Å². The first-order chi connectivity index (χ1) is 8.93. The molecule has 0 radical (unpaired) electrons. The fraction of sp³-hybridized carbons (Fsp3) is 0.467. The van der Waals surface area contributed by atoms with E-state index < -0.39 is 11.6 Å².